The van der Waals surface area contributed by atoms with Gasteiger partial charge in [0.05, 0.1) is 0 Å². The minimum atomic E-state index is 0.174. The van der Waals surface area contributed by atoms with Gasteiger partial charge in [0.2, 0.25) is 0 Å². The Morgan fingerprint density at radius 2 is 2.15 bits per heavy atom. The smallest absolute Gasteiger partial charge is 0.138 e. The number of hydrogen-bond acceptors (Lipinski definition) is 5. The summed E-state index contributed by atoms with van der Waals surface area (Å²) in [6.07, 6.45) is 3.70. The molecule has 0 amide bonds. The lowest BCUT2D eigenvalue weighted by atomic mass is 10.1. The predicted molar refractivity (Wildman–Crippen MR) is 89.3 cm³/mol. The lowest BCUT2D eigenvalue weighted by molar-refractivity contribution is 0.455. The van der Waals surface area contributed by atoms with Gasteiger partial charge in [0, 0.05) is 41.0 Å². The molecule has 0 radical (unpaired) electrons. The maximum atomic E-state index is 6.49. The first-order valence-electron chi connectivity index (χ1n) is 7.47. The number of hydrogen-bond donors (Lipinski definition) is 1. The van der Waals surface area contributed by atoms with Crippen LogP contribution in [0.4, 0.5) is 0 Å². The van der Waals surface area contributed by atoms with E-state index in [9.17, 15) is 0 Å². The van der Waals surface area contributed by atoms with Crippen molar-refractivity contribution in [3.63, 3.8) is 0 Å². The van der Waals surface area contributed by atoms with E-state index >= 15 is 0 Å². The quantitative estimate of drug-likeness (QED) is 0.874. The van der Waals surface area contributed by atoms with Gasteiger partial charge in [0.15, 0.2) is 0 Å². The Balaban J connectivity index is 1.99. The van der Waals surface area contributed by atoms with Crippen LogP contribution in [0.2, 0.25) is 0 Å². The second kappa shape index (κ2) is 7.71. The van der Waals surface area contributed by atoms with Crippen LogP contribution in [0.1, 0.15) is 33.0 Å². The van der Waals surface area contributed by atoms with Gasteiger partial charge >= 0.3 is 0 Å². The maximum Gasteiger partial charge on any atom is 0.138 e. The summed E-state index contributed by atoms with van der Waals surface area (Å²) in [6.45, 7) is 7.59. The first-order chi connectivity index (χ1) is 9.61. The Hall–Kier alpha value is -0.200. The fourth-order valence-electron chi connectivity index (χ4n) is 2.61. The van der Waals surface area contributed by atoms with Crippen molar-refractivity contribution in [1.29, 1.82) is 0 Å². The molecule has 1 aliphatic heterocycles. The lowest BCUT2D eigenvalue weighted by Crippen LogP contribution is -2.43. The molecule has 0 aromatic carbocycles. The fraction of sp³-hybridized carbons (Fsp3) is 0.857. The van der Waals surface area contributed by atoms with Crippen LogP contribution in [0.3, 0.4) is 0 Å². The van der Waals surface area contributed by atoms with E-state index in [-0.39, 0.29) is 6.04 Å². The molecule has 0 aliphatic carbocycles. The summed E-state index contributed by atoms with van der Waals surface area (Å²) in [4.78, 5) is 4.41. The Bertz CT molecular complexity index is 408. The van der Waals surface area contributed by atoms with Gasteiger partial charge in [0.1, 0.15) is 12.2 Å². The molecule has 3 unspecified atom stereocenters. The first-order valence-corrected chi connectivity index (χ1v) is 9.57. The van der Waals surface area contributed by atoms with E-state index in [2.05, 4.69) is 42.6 Å². The van der Waals surface area contributed by atoms with Gasteiger partial charge in [-0.25, -0.2) is 9.67 Å². The molecular weight excluding hydrogens is 288 g/mol. The number of nitrogens with two attached hydrogens (primary N) is 1. The normalized spacial score (nSPS) is 25.1. The molecule has 1 aromatic heterocycles. The number of rotatable bonds is 6. The van der Waals surface area contributed by atoms with E-state index in [1.54, 1.807) is 6.33 Å². The van der Waals surface area contributed by atoms with Crippen LogP contribution in [0.5, 0.6) is 0 Å². The SMILES string of the molecule is CCC1SCCSC1C(N)Cc1ncnn1CC(C)C. The van der Waals surface area contributed by atoms with E-state index in [1.807, 2.05) is 16.4 Å². The average molecular weight is 315 g/mol. The van der Waals surface area contributed by atoms with Crippen molar-refractivity contribution in [1.82, 2.24) is 14.8 Å². The van der Waals surface area contributed by atoms with Crippen LogP contribution in [0.25, 0.3) is 0 Å². The highest BCUT2D eigenvalue weighted by Gasteiger charge is 2.30. The zero-order valence-electron chi connectivity index (χ0n) is 12.7. The van der Waals surface area contributed by atoms with Gasteiger partial charge in [-0.3, -0.25) is 0 Å². The number of nitrogens with zero attached hydrogens (tertiary/aromatic N) is 3. The highest BCUT2D eigenvalue weighted by atomic mass is 32.2. The molecule has 2 rings (SSSR count). The maximum absolute atomic E-state index is 6.49. The summed E-state index contributed by atoms with van der Waals surface area (Å²) >= 11 is 4.13. The van der Waals surface area contributed by atoms with Crippen molar-refractivity contribution in [3.05, 3.63) is 12.2 Å². The molecule has 6 heteroatoms. The molecule has 1 aliphatic rings. The number of thioether (sulfide) groups is 2. The summed E-state index contributed by atoms with van der Waals surface area (Å²) in [5, 5.41) is 5.56. The summed E-state index contributed by atoms with van der Waals surface area (Å²) < 4.78 is 2.02. The second-order valence-corrected chi connectivity index (χ2v) is 8.41. The highest BCUT2D eigenvalue weighted by molar-refractivity contribution is 8.07. The van der Waals surface area contributed by atoms with Crippen LogP contribution in [0, 0.1) is 5.92 Å². The summed E-state index contributed by atoms with van der Waals surface area (Å²) in [5.41, 5.74) is 6.49. The van der Waals surface area contributed by atoms with E-state index in [0.717, 1.165) is 18.8 Å². The summed E-state index contributed by atoms with van der Waals surface area (Å²) in [7, 11) is 0. The molecular formula is C14H26N4S2. The zero-order chi connectivity index (χ0) is 14.5. The molecule has 2 heterocycles. The lowest BCUT2D eigenvalue weighted by Gasteiger charge is -2.34. The third-order valence-corrected chi connectivity index (χ3v) is 7.00. The summed E-state index contributed by atoms with van der Waals surface area (Å²) in [5.74, 6) is 4.10. The van der Waals surface area contributed by atoms with E-state index < -0.39 is 0 Å². The van der Waals surface area contributed by atoms with Gasteiger partial charge < -0.3 is 5.73 Å². The van der Waals surface area contributed by atoms with Crippen LogP contribution >= 0.6 is 23.5 Å². The van der Waals surface area contributed by atoms with Crippen molar-refractivity contribution < 1.29 is 0 Å². The topological polar surface area (TPSA) is 56.7 Å². The Labute approximate surface area is 130 Å². The van der Waals surface area contributed by atoms with Crippen LogP contribution in [-0.2, 0) is 13.0 Å². The molecule has 0 spiro atoms. The summed E-state index contributed by atoms with van der Waals surface area (Å²) in [6, 6.07) is 0.174. The Kier molecular flexibility index (Phi) is 6.23. The van der Waals surface area contributed by atoms with Crippen molar-refractivity contribution in [2.75, 3.05) is 11.5 Å². The van der Waals surface area contributed by atoms with E-state index in [0.29, 0.717) is 16.4 Å². The molecule has 2 N–H and O–H groups in total. The monoisotopic (exact) mass is 314 g/mol. The first kappa shape index (κ1) is 16.2. The molecule has 1 fully saturated rings. The molecule has 114 valence electrons. The zero-order valence-corrected chi connectivity index (χ0v) is 14.3. The van der Waals surface area contributed by atoms with Gasteiger partial charge in [-0.2, -0.15) is 28.6 Å². The molecule has 4 nitrogen and oxygen atoms in total. The Morgan fingerprint density at radius 1 is 1.40 bits per heavy atom. The van der Waals surface area contributed by atoms with Gasteiger partial charge in [-0.15, -0.1) is 0 Å². The van der Waals surface area contributed by atoms with Crippen LogP contribution in [0.15, 0.2) is 6.33 Å². The minimum absolute atomic E-state index is 0.174. The van der Waals surface area contributed by atoms with Gasteiger partial charge in [-0.1, -0.05) is 20.8 Å². The minimum Gasteiger partial charge on any atom is -0.326 e. The second-order valence-electron chi connectivity index (χ2n) is 5.77. The number of aromatic nitrogens is 3. The third-order valence-electron chi connectivity index (χ3n) is 3.57. The van der Waals surface area contributed by atoms with Crippen molar-refractivity contribution in [3.8, 4) is 0 Å². The molecule has 0 saturated carbocycles. The predicted octanol–water partition coefficient (Wildman–Crippen LogP) is 2.43. The van der Waals surface area contributed by atoms with E-state index in [4.69, 9.17) is 5.73 Å². The average Bonchev–Trinajstić information content (AvgIpc) is 2.85. The Morgan fingerprint density at radius 3 is 2.85 bits per heavy atom. The van der Waals surface area contributed by atoms with Gasteiger partial charge in [0.25, 0.3) is 0 Å². The highest BCUT2D eigenvalue weighted by Crippen LogP contribution is 2.35. The van der Waals surface area contributed by atoms with Gasteiger partial charge in [-0.05, 0) is 12.3 Å². The molecule has 20 heavy (non-hydrogen) atoms. The van der Waals surface area contributed by atoms with Crippen molar-refractivity contribution >= 4 is 23.5 Å². The van der Waals surface area contributed by atoms with Crippen molar-refractivity contribution in [2.45, 2.75) is 56.7 Å². The molecule has 3 atom stereocenters. The standard InChI is InChI=1S/C14H26N4S2/c1-4-12-14(20-6-5-19-12)11(15)7-13-16-9-17-18(13)8-10(2)3/h9-12,14H,4-8,15H2,1-3H3. The molecule has 1 aromatic rings. The fourth-order valence-corrected chi connectivity index (χ4v) is 5.80. The largest absolute Gasteiger partial charge is 0.326 e. The van der Waals surface area contributed by atoms with Crippen LogP contribution < -0.4 is 5.73 Å². The third kappa shape index (κ3) is 4.15. The van der Waals surface area contributed by atoms with Crippen molar-refractivity contribution in [2.24, 2.45) is 11.7 Å². The van der Waals surface area contributed by atoms with E-state index in [1.165, 1.54) is 17.9 Å². The molecule has 1 saturated heterocycles. The van der Waals surface area contributed by atoms with Crippen LogP contribution in [-0.4, -0.2) is 42.8 Å². The molecule has 0 bridgehead atoms.